The first-order valence-corrected chi connectivity index (χ1v) is 10.8. The molecule has 6 nitrogen and oxygen atoms in total. The smallest absolute Gasteiger partial charge is 0.196 e. The summed E-state index contributed by atoms with van der Waals surface area (Å²) >= 11 is 3.20. The van der Waals surface area contributed by atoms with Crippen LogP contribution in [0.1, 0.15) is 11.5 Å². The number of thiophene rings is 1. The first-order valence-electron chi connectivity index (χ1n) is 8.97. The van der Waals surface area contributed by atoms with Gasteiger partial charge in [0.1, 0.15) is 5.76 Å². The fourth-order valence-corrected chi connectivity index (χ4v) is 4.52. The van der Waals surface area contributed by atoms with Gasteiger partial charge < -0.3 is 8.94 Å². The van der Waals surface area contributed by atoms with Gasteiger partial charge in [-0.2, -0.15) is 0 Å². The molecule has 0 N–H and O–H groups in total. The topological polar surface area (TPSA) is 69.9 Å². The lowest BCUT2D eigenvalue weighted by atomic mass is 10.2. The average molecular weight is 421 g/mol. The highest BCUT2D eigenvalue weighted by atomic mass is 32.2. The van der Waals surface area contributed by atoms with Crippen LogP contribution in [0.4, 0.5) is 0 Å². The molecule has 0 spiro atoms. The lowest BCUT2D eigenvalue weighted by Crippen LogP contribution is -1.99. The molecular weight excluding hydrogens is 404 g/mol. The van der Waals surface area contributed by atoms with Crippen LogP contribution < -0.4 is 0 Å². The van der Waals surface area contributed by atoms with Gasteiger partial charge in [0.25, 0.3) is 0 Å². The summed E-state index contributed by atoms with van der Waals surface area (Å²) in [6, 6.07) is 18.0. The molecule has 5 rings (SSSR count). The molecule has 8 heteroatoms. The Morgan fingerprint density at radius 1 is 1.07 bits per heavy atom. The van der Waals surface area contributed by atoms with Crippen LogP contribution in [0.5, 0.6) is 0 Å². The van der Waals surface area contributed by atoms with Gasteiger partial charge in [-0.1, -0.05) is 41.2 Å². The Hall–Kier alpha value is -3.10. The highest BCUT2D eigenvalue weighted by molar-refractivity contribution is 7.98. The van der Waals surface area contributed by atoms with Gasteiger partial charge in [-0.15, -0.1) is 21.5 Å². The van der Waals surface area contributed by atoms with Crippen molar-refractivity contribution in [3.8, 4) is 27.7 Å². The monoisotopic (exact) mass is 420 g/mol. The van der Waals surface area contributed by atoms with Gasteiger partial charge in [0.15, 0.2) is 16.7 Å². The van der Waals surface area contributed by atoms with Crippen molar-refractivity contribution < 1.29 is 8.94 Å². The minimum Gasteiger partial charge on any atom is -0.469 e. The maximum atomic E-state index is 5.48. The van der Waals surface area contributed by atoms with Gasteiger partial charge in [0.2, 0.25) is 0 Å². The second kappa shape index (κ2) is 7.73. The Labute approximate surface area is 175 Å². The normalized spacial score (nSPS) is 11.2. The lowest BCUT2D eigenvalue weighted by Gasteiger charge is -2.09. The number of furan rings is 1. The molecule has 0 saturated heterocycles. The molecule has 5 aromatic rings. The van der Waals surface area contributed by atoms with E-state index in [4.69, 9.17) is 8.94 Å². The van der Waals surface area contributed by atoms with E-state index in [1.54, 1.807) is 29.4 Å². The summed E-state index contributed by atoms with van der Waals surface area (Å²) < 4.78 is 13.0. The molecule has 0 bridgehead atoms. The number of thioether (sulfide) groups is 1. The van der Waals surface area contributed by atoms with Gasteiger partial charge in [0, 0.05) is 17.5 Å². The van der Waals surface area contributed by atoms with E-state index in [9.17, 15) is 0 Å². The Bertz CT molecular complexity index is 1220. The molecule has 0 radical (unpaired) electrons. The number of hydrogen-bond donors (Lipinski definition) is 0. The zero-order valence-corrected chi connectivity index (χ0v) is 17.1. The molecule has 0 fully saturated rings. The van der Waals surface area contributed by atoms with Crippen molar-refractivity contribution in [1.29, 1.82) is 0 Å². The molecule has 0 saturated carbocycles. The summed E-state index contributed by atoms with van der Waals surface area (Å²) in [5, 5.41) is 15.9. The van der Waals surface area contributed by atoms with E-state index < -0.39 is 0 Å². The largest absolute Gasteiger partial charge is 0.469 e. The minimum absolute atomic E-state index is 0.629. The van der Waals surface area contributed by atoms with Crippen LogP contribution in [0.2, 0.25) is 0 Å². The van der Waals surface area contributed by atoms with Crippen molar-refractivity contribution in [3.63, 3.8) is 0 Å². The highest BCUT2D eigenvalue weighted by Gasteiger charge is 2.19. The van der Waals surface area contributed by atoms with Gasteiger partial charge in [0.05, 0.1) is 22.4 Å². The predicted octanol–water partition coefficient (Wildman–Crippen LogP) is 5.84. The number of rotatable bonds is 6. The van der Waals surface area contributed by atoms with Crippen molar-refractivity contribution in [1.82, 2.24) is 19.9 Å². The van der Waals surface area contributed by atoms with Crippen molar-refractivity contribution in [2.45, 2.75) is 17.8 Å². The van der Waals surface area contributed by atoms with Gasteiger partial charge >= 0.3 is 0 Å². The summed E-state index contributed by atoms with van der Waals surface area (Å²) in [6.07, 6.45) is 1.67. The summed E-state index contributed by atoms with van der Waals surface area (Å²) in [5.41, 5.74) is 2.78. The first kappa shape index (κ1) is 18.0. The van der Waals surface area contributed by atoms with Crippen LogP contribution in [0, 0.1) is 6.92 Å². The van der Waals surface area contributed by atoms with Gasteiger partial charge in [-0.05, 0) is 36.6 Å². The summed E-state index contributed by atoms with van der Waals surface area (Å²) in [6.45, 7) is 1.92. The molecular formula is C21H16N4O2S2. The maximum Gasteiger partial charge on any atom is 0.196 e. The van der Waals surface area contributed by atoms with Gasteiger partial charge in [-0.3, -0.25) is 4.57 Å². The second-order valence-electron chi connectivity index (χ2n) is 6.32. The van der Waals surface area contributed by atoms with E-state index in [2.05, 4.69) is 15.4 Å². The maximum absolute atomic E-state index is 5.48. The van der Waals surface area contributed by atoms with E-state index in [0.29, 0.717) is 5.75 Å². The second-order valence-corrected chi connectivity index (χ2v) is 8.21. The Balaban J connectivity index is 1.46. The third-order valence-electron chi connectivity index (χ3n) is 4.42. The van der Waals surface area contributed by atoms with Crippen LogP contribution in [-0.2, 0) is 5.75 Å². The van der Waals surface area contributed by atoms with Gasteiger partial charge in [-0.25, -0.2) is 0 Å². The summed E-state index contributed by atoms with van der Waals surface area (Å²) in [4.78, 5) is 1.07. The summed E-state index contributed by atoms with van der Waals surface area (Å²) in [7, 11) is 0. The zero-order valence-electron chi connectivity index (χ0n) is 15.5. The minimum atomic E-state index is 0.629. The summed E-state index contributed by atoms with van der Waals surface area (Å²) in [5.74, 6) is 2.98. The number of aryl methyl sites for hydroxylation is 1. The quantitative estimate of drug-likeness (QED) is 0.321. The van der Waals surface area contributed by atoms with E-state index in [1.165, 1.54) is 0 Å². The molecule has 0 aliphatic rings. The van der Waals surface area contributed by atoms with E-state index >= 15 is 0 Å². The van der Waals surface area contributed by atoms with E-state index in [0.717, 1.165) is 44.3 Å². The van der Waals surface area contributed by atoms with Crippen molar-refractivity contribution in [2.75, 3.05) is 0 Å². The third-order valence-corrected chi connectivity index (χ3v) is 6.27. The van der Waals surface area contributed by atoms with Crippen molar-refractivity contribution in [3.05, 3.63) is 77.7 Å². The van der Waals surface area contributed by atoms with Crippen LogP contribution in [0.15, 0.2) is 80.3 Å². The number of para-hydroxylation sites is 1. The van der Waals surface area contributed by atoms with Crippen molar-refractivity contribution in [2.24, 2.45) is 0 Å². The SMILES string of the molecule is Cc1occc1-c1nnc(SCc2cc(-c3cccs3)on2)n1-c1ccccc1. The fraction of sp³-hybridized carbons (Fsp3) is 0.0952. The molecule has 144 valence electrons. The Kier molecular flexibility index (Phi) is 4.79. The molecule has 4 aromatic heterocycles. The van der Waals surface area contributed by atoms with Crippen LogP contribution in [0.25, 0.3) is 27.7 Å². The number of hydrogen-bond acceptors (Lipinski definition) is 7. The zero-order chi connectivity index (χ0) is 19.6. The number of benzene rings is 1. The first-order chi connectivity index (χ1) is 14.3. The Morgan fingerprint density at radius 2 is 1.97 bits per heavy atom. The molecule has 0 unspecified atom stereocenters. The molecule has 0 atom stereocenters. The van der Waals surface area contributed by atoms with E-state index in [-0.39, 0.29) is 0 Å². The lowest BCUT2D eigenvalue weighted by molar-refractivity contribution is 0.427. The predicted molar refractivity (Wildman–Crippen MR) is 113 cm³/mol. The van der Waals surface area contributed by atoms with Crippen LogP contribution >= 0.6 is 23.1 Å². The standard InChI is InChI=1S/C21H16N4O2S2/c1-14-17(9-10-26-14)20-22-23-21(25(20)16-6-3-2-4-7-16)29-13-15-12-18(27-24-15)19-8-5-11-28-19/h2-12H,13H2,1H3. The fourth-order valence-electron chi connectivity index (χ4n) is 3.02. The molecule has 29 heavy (non-hydrogen) atoms. The van der Waals surface area contributed by atoms with Crippen LogP contribution in [0.3, 0.4) is 0 Å². The average Bonchev–Trinajstić information content (AvgIpc) is 3.52. The number of aromatic nitrogens is 4. The molecule has 0 aliphatic carbocycles. The van der Waals surface area contributed by atoms with Crippen LogP contribution in [-0.4, -0.2) is 19.9 Å². The molecule has 0 aliphatic heterocycles. The number of nitrogens with zero attached hydrogens (tertiary/aromatic N) is 4. The molecule has 0 amide bonds. The molecule has 4 heterocycles. The Morgan fingerprint density at radius 3 is 2.72 bits per heavy atom. The van der Waals surface area contributed by atoms with Crippen molar-refractivity contribution >= 4 is 23.1 Å². The third kappa shape index (κ3) is 3.52. The highest BCUT2D eigenvalue weighted by Crippen LogP contribution is 2.32. The van der Waals surface area contributed by atoms with E-state index in [1.807, 2.05) is 71.5 Å². The molecule has 1 aromatic carbocycles.